The number of amides is 2. The molecule has 0 radical (unpaired) electrons. The fourth-order valence-corrected chi connectivity index (χ4v) is 4.90. The van der Waals surface area contributed by atoms with Crippen molar-refractivity contribution < 1.29 is 32.2 Å². The molecule has 12 heteroatoms. The molecule has 0 aromatic heterocycles. The van der Waals surface area contributed by atoms with Crippen LogP contribution in [0.4, 0.5) is 23.7 Å². The second kappa shape index (κ2) is 13.0. The molecule has 3 aromatic carbocycles. The molecule has 1 unspecified atom stereocenters. The van der Waals surface area contributed by atoms with Crippen LogP contribution in [-0.4, -0.2) is 42.1 Å². The molecule has 1 atom stereocenters. The van der Waals surface area contributed by atoms with Crippen LogP contribution in [-0.2, 0) is 33.5 Å². The van der Waals surface area contributed by atoms with E-state index < -0.39 is 35.3 Å². The van der Waals surface area contributed by atoms with E-state index in [0.717, 1.165) is 17.7 Å². The van der Waals surface area contributed by atoms with Gasteiger partial charge in [-0.15, -0.1) is 0 Å². The average molecular weight is 622 g/mol. The number of likely N-dealkylation sites (N-methyl/N-ethyl adjacent to an activating group) is 1. The maximum absolute atomic E-state index is 13.2. The number of carbonyl (C=O) groups is 2. The van der Waals surface area contributed by atoms with Gasteiger partial charge in [-0.3, -0.25) is 4.79 Å². The Hall–Kier alpha value is -3.89. The predicted octanol–water partition coefficient (Wildman–Crippen LogP) is 7.05. The molecular weight excluding hydrogens is 594 g/mol. The Bertz CT molecular complexity index is 1480. The largest absolute Gasteiger partial charge is 0.486 e. The van der Waals surface area contributed by atoms with Gasteiger partial charge < -0.3 is 25.0 Å². The number of nitrogens with zero attached hydrogens (tertiary/aromatic N) is 1. The van der Waals surface area contributed by atoms with Gasteiger partial charge in [0.25, 0.3) is 0 Å². The fraction of sp³-hybridized carbons (Fsp3) is 0.267. The molecule has 0 fully saturated rings. The zero-order valence-electron chi connectivity index (χ0n) is 22.7. The standard InChI is InChI=1S/C30H28Cl2F3N3O4/c1-29(32)27(26(42-18-20-7-4-3-5-8-20)23-16-22(31)11-12-24(23)37-29)38(2)25(39)17-36-28(40)41-14-13-19-9-6-10-21(15-19)30(33,34)35/h3-12,15-16,37H,13-14,17-18H2,1-2H3,(H,36,40). The number of carbonyl (C=O) groups excluding carboxylic acids is 2. The van der Waals surface area contributed by atoms with Gasteiger partial charge in [-0.05, 0) is 42.3 Å². The maximum Gasteiger partial charge on any atom is 0.416 e. The van der Waals surface area contributed by atoms with Gasteiger partial charge in [0.15, 0.2) is 10.8 Å². The van der Waals surface area contributed by atoms with Gasteiger partial charge >= 0.3 is 12.3 Å². The summed E-state index contributed by atoms with van der Waals surface area (Å²) >= 11 is 13.2. The Morgan fingerprint density at radius 2 is 1.74 bits per heavy atom. The summed E-state index contributed by atoms with van der Waals surface area (Å²) < 4.78 is 50.1. The van der Waals surface area contributed by atoms with Crippen molar-refractivity contribution >= 4 is 46.6 Å². The molecule has 4 rings (SSSR count). The van der Waals surface area contributed by atoms with E-state index in [2.05, 4.69) is 10.6 Å². The third-order valence-electron chi connectivity index (χ3n) is 6.45. The number of fused-ring (bicyclic) bond motifs is 1. The van der Waals surface area contributed by atoms with Crippen molar-refractivity contribution in [3.63, 3.8) is 0 Å². The van der Waals surface area contributed by atoms with Crippen LogP contribution in [0.2, 0.25) is 5.02 Å². The summed E-state index contributed by atoms with van der Waals surface area (Å²) in [4.78, 5) is 25.5. The van der Waals surface area contributed by atoms with Crippen LogP contribution in [0, 0.1) is 0 Å². The van der Waals surface area contributed by atoms with Crippen molar-refractivity contribution in [3.05, 3.63) is 106 Å². The number of alkyl carbamates (subject to hydrolysis) is 1. The number of rotatable bonds is 9. The highest BCUT2D eigenvalue weighted by Gasteiger charge is 2.40. The van der Waals surface area contributed by atoms with Crippen LogP contribution >= 0.6 is 23.2 Å². The number of anilines is 1. The monoisotopic (exact) mass is 621 g/mol. The Morgan fingerprint density at radius 3 is 2.45 bits per heavy atom. The van der Waals surface area contributed by atoms with Crippen molar-refractivity contribution in [3.8, 4) is 0 Å². The lowest BCUT2D eigenvalue weighted by Gasteiger charge is -2.39. The van der Waals surface area contributed by atoms with Gasteiger partial charge in [0.05, 0.1) is 12.2 Å². The summed E-state index contributed by atoms with van der Waals surface area (Å²) in [6, 6.07) is 19.4. The molecule has 7 nitrogen and oxygen atoms in total. The van der Waals surface area contributed by atoms with Gasteiger partial charge in [-0.2, -0.15) is 13.2 Å². The molecule has 42 heavy (non-hydrogen) atoms. The minimum Gasteiger partial charge on any atom is -0.486 e. The van der Waals surface area contributed by atoms with Crippen LogP contribution in [0.1, 0.15) is 29.2 Å². The third-order valence-corrected chi connectivity index (χ3v) is 6.96. The molecule has 0 saturated heterocycles. The van der Waals surface area contributed by atoms with Crippen LogP contribution < -0.4 is 10.6 Å². The van der Waals surface area contributed by atoms with Crippen LogP contribution in [0.15, 0.2) is 78.5 Å². The second-order valence-electron chi connectivity index (χ2n) is 9.66. The van der Waals surface area contributed by atoms with Gasteiger partial charge in [0, 0.05) is 29.7 Å². The van der Waals surface area contributed by atoms with Crippen LogP contribution in [0.25, 0.3) is 5.76 Å². The van der Waals surface area contributed by atoms with Crippen molar-refractivity contribution in [2.24, 2.45) is 0 Å². The maximum atomic E-state index is 13.2. The Kier molecular flexibility index (Phi) is 9.58. The average Bonchev–Trinajstić information content (AvgIpc) is 2.94. The lowest BCUT2D eigenvalue weighted by molar-refractivity contribution is -0.137. The fourth-order valence-electron chi connectivity index (χ4n) is 4.42. The van der Waals surface area contributed by atoms with Crippen molar-refractivity contribution in [2.45, 2.75) is 31.1 Å². The predicted molar refractivity (Wildman–Crippen MR) is 155 cm³/mol. The van der Waals surface area contributed by atoms with E-state index in [-0.39, 0.29) is 19.6 Å². The molecule has 1 aliphatic heterocycles. The van der Waals surface area contributed by atoms with E-state index in [1.807, 2.05) is 30.3 Å². The normalized spacial score (nSPS) is 16.3. The van der Waals surface area contributed by atoms with Crippen molar-refractivity contribution in [1.82, 2.24) is 10.2 Å². The highest BCUT2D eigenvalue weighted by atomic mass is 35.5. The van der Waals surface area contributed by atoms with Gasteiger partial charge in [-0.25, -0.2) is 4.79 Å². The molecule has 0 bridgehead atoms. The molecule has 1 heterocycles. The lowest BCUT2D eigenvalue weighted by atomic mass is 9.99. The molecule has 0 spiro atoms. The second-order valence-corrected chi connectivity index (χ2v) is 10.9. The number of nitrogens with one attached hydrogen (secondary N) is 2. The van der Waals surface area contributed by atoms with E-state index in [4.69, 9.17) is 32.7 Å². The number of hydrogen-bond donors (Lipinski definition) is 2. The minimum atomic E-state index is -4.47. The number of alkyl halides is 4. The van der Waals surface area contributed by atoms with E-state index in [0.29, 0.717) is 33.3 Å². The summed E-state index contributed by atoms with van der Waals surface area (Å²) in [5.41, 5.74) is 2.04. The topological polar surface area (TPSA) is 79.9 Å². The lowest BCUT2D eigenvalue weighted by Crippen LogP contribution is -2.47. The van der Waals surface area contributed by atoms with Crippen molar-refractivity contribution in [2.75, 3.05) is 25.5 Å². The molecule has 1 aliphatic rings. The number of halogens is 5. The first-order valence-corrected chi connectivity index (χ1v) is 13.6. The van der Waals surface area contributed by atoms with Gasteiger partial charge in [-0.1, -0.05) is 71.7 Å². The summed E-state index contributed by atoms with van der Waals surface area (Å²) in [5.74, 6) is -0.188. The third kappa shape index (κ3) is 7.68. The number of hydrogen-bond acceptors (Lipinski definition) is 5. The van der Waals surface area contributed by atoms with Crippen LogP contribution in [0.5, 0.6) is 0 Å². The first-order valence-electron chi connectivity index (χ1n) is 12.9. The Balaban J connectivity index is 1.44. The Labute approximate surface area is 251 Å². The van der Waals surface area contributed by atoms with E-state index in [9.17, 15) is 22.8 Å². The van der Waals surface area contributed by atoms with Crippen molar-refractivity contribution in [1.29, 1.82) is 0 Å². The summed E-state index contributed by atoms with van der Waals surface area (Å²) in [7, 11) is 1.50. The van der Waals surface area contributed by atoms with E-state index in [1.54, 1.807) is 25.1 Å². The van der Waals surface area contributed by atoms with E-state index >= 15 is 0 Å². The van der Waals surface area contributed by atoms with Gasteiger partial charge in [0.1, 0.15) is 18.8 Å². The highest BCUT2D eigenvalue weighted by Crippen LogP contribution is 2.44. The quantitative estimate of drug-likeness (QED) is 0.198. The summed E-state index contributed by atoms with van der Waals surface area (Å²) in [6.07, 6.45) is -5.30. The minimum absolute atomic E-state index is 0.0679. The molecule has 222 valence electrons. The number of benzene rings is 3. The first-order chi connectivity index (χ1) is 19.8. The smallest absolute Gasteiger partial charge is 0.416 e. The van der Waals surface area contributed by atoms with Gasteiger partial charge in [0.2, 0.25) is 5.91 Å². The Morgan fingerprint density at radius 1 is 1.02 bits per heavy atom. The zero-order valence-corrected chi connectivity index (χ0v) is 24.2. The highest BCUT2D eigenvalue weighted by molar-refractivity contribution is 6.31. The van der Waals surface area contributed by atoms with Crippen LogP contribution in [0.3, 0.4) is 0 Å². The molecule has 2 N–H and O–H groups in total. The van der Waals surface area contributed by atoms with E-state index in [1.165, 1.54) is 24.1 Å². The molecule has 3 aromatic rings. The number of ether oxygens (including phenoxy) is 2. The zero-order chi connectivity index (χ0) is 30.5. The molecule has 2 amide bonds. The molecule has 0 saturated carbocycles. The molecular formula is C30H28Cl2F3N3O4. The molecule has 0 aliphatic carbocycles. The SMILES string of the molecule is CN(C(=O)CNC(=O)OCCc1cccc(C(F)(F)F)c1)C1=C(OCc2ccccc2)c2cc(Cl)ccc2NC1(C)Cl. The summed E-state index contributed by atoms with van der Waals surface area (Å²) in [6.45, 7) is 1.24. The first kappa shape index (κ1) is 31.1. The summed E-state index contributed by atoms with van der Waals surface area (Å²) in [5, 5.41) is 6.02.